The fraction of sp³-hybridized carbons (Fsp3) is 0.200. The van der Waals surface area contributed by atoms with Gasteiger partial charge in [-0.05, 0) is 32.0 Å². The SMILES string of the molecule is Cc1c(NC(=O)[C@H](C)Oc2cccc([N+](=O)[O-])c2)c(=O)n(-c2ccccc2)n1C. The number of anilines is 1. The van der Waals surface area contributed by atoms with E-state index in [2.05, 4.69) is 5.32 Å². The molecular weight excluding hydrogens is 376 g/mol. The van der Waals surface area contributed by atoms with Crippen LogP contribution in [0.25, 0.3) is 5.69 Å². The van der Waals surface area contributed by atoms with E-state index in [9.17, 15) is 19.7 Å². The van der Waals surface area contributed by atoms with Gasteiger partial charge in [-0.15, -0.1) is 0 Å². The van der Waals surface area contributed by atoms with Crippen molar-refractivity contribution in [2.24, 2.45) is 7.05 Å². The van der Waals surface area contributed by atoms with Gasteiger partial charge in [0.15, 0.2) is 6.10 Å². The molecule has 0 spiro atoms. The molecule has 0 aliphatic carbocycles. The van der Waals surface area contributed by atoms with Crippen LogP contribution in [0.1, 0.15) is 12.6 Å². The lowest BCUT2D eigenvalue weighted by Gasteiger charge is -2.14. The molecular formula is C20H20N4O5. The normalized spacial score (nSPS) is 11.7. The van der Waals surface area contributed by atoms with Crippen LogP contribution in [0, 0.1) is 17.0 Å². The molecule has 0 saturated heterocycles. The van der Waals surface area contributed by atoms with Gasteiger partial charge in [-0.3, -0.25) is 24.4 Å². The first-order chi connectivity index (χ1) is 13.8. The van der Waals surface area contributed by atoms with Crippen molar-refractivity contribution in [2.75, 3.05) is 5.32 Å². The van der Waals surface area contributed by atoms with Crippen molar-refractivity contribution in [2.45, 2.75) is 20.0 Å². The molecule has 2 aromatic carbocycles. The second kappa shape index (κ2) is 8.01. The van der Waals surface area contributed by atoms with Gasteiger partial charge in [0.25, 0.3) is 17.2 Å². The van der Waals surface area contributed by atoms with Crippen molar-refractivity contribution in [1.82, 2.24) is 9.36 Å². The summed E-state index contributed by atoms with van der Waals surface area (Å²) in [5.74, 6) is -0.351. The van der Waals surface area contributed by atoms with Gasteiger partial charge in [0.1, 0.15) is 11.4 Å². The summed E-state index contributed by atoms with van der Waals surface area (Å²) in [6.45, 7) is 3.23. The van der Waals surface area contributed by atoms with Gasteiger partial charge >= 0.3 is 0 Å². The molecule has 0 fully saturated rings. The minimum Gasteiger partial charge on any atom is -0.481 e. The van der Waals surface area contributed by atoms with Crippen LogP contribution >= 0.6 is 0 Å². The molecule has 9 heteroatoms. The average Bonchev–Trinajstić information content (AvgIpc) is 2.92. The number of carbonyl (C=O) groups is 1. The van der Waals surface area contributed by atoms with Crippen LogP contribution in [0.2, 0.25) is 0 Å². The summed E-state index contributed by atoms with van der Waals surface area (Å²) in [6, 6.07) is 14.6. The third kappa shape index (κ3) is 4.03. The summed E-state index contributed by atoms with van der Waals surface area (Å²) in [4.78, 5) is 35.8. The summed E-state index contributed by atoms with van der Waals surface area (Å²) < 4.78 is 8.62. The van der Waals surface area contributed by atoms with Crippen molar-refractivity contribution in [3.8, 4) is 11.4 Å². The molecule has 150 valence electrons. The number of carbonyl (C=O) groups excluding carboxylic acids is 1. The Hall–Kier alpha value is -3.88. The van der Waals surface area contributed by atoms with Gasteiger partial charge in [-0.25, -0.2) is 4.68 Å². The molecule has 0 saturated carbocycles. The topological polar surface area (TPSA) is 108 Å². The predicted octanol–water partition coefficient (Wildman–Crippen LogP) is 2.80. The molecule has 0 bridgehead atoms. The van der Waals surface area contributed by atoms with Gasteiger partial charge in [-0.1, -0.05) is 24.3 Å². The number of hydrogen-bond acceptors (Lipinski definition) is 5. The molecule has 9 nitrogen and oxygen atoms in total. The lowest BCUT2D eigenvalue weighted by atomic mass is 10.3. The minimum absolute atomic E-state index is 0.139. The van der Waals surface area contributed by atoms with Crippen LogP contribution in [0.5, 0.6) is 5.75 Å². The van der Waals surface area contributed by atoms with Crippen LogP contribution in [0.4, 0.5) is 11.4 Å². The van der Waals surface area contributed by atoms with Crippen LogP contribution in [-0.2, 0) is 11.8 Å². The largest absolute Gasteiger partial charge is 0.481 e. The molecule has 29 heavy (non-hydrogen) atoms. The van der Waals surface area contributed by atoms with E-state index in [1.165, 1.54) is 35.9 Å². The monoisotopic (exact) mass is 396 g/mol. The highest BCUT2D eigenvalue weighted by molar-refractivity contribution is 5.94. The Morgan fingerprint density at radius 1 is 1.17 bits per heavy atom. The van der Waals surface area contributed by atoms with E-state index >= 15 is 0 Å². The van der Waals surface area contributed by atoms with Gasteiger partial charge < -0.3 is 10.1 Å². The Morgan fingerprint density at radius 2 is 1.86 bits per heavy atom. The van der Waals surface area contributed by atoms with E-state index < -0.39 is 16.9 Å². The van der Waals surface area contributed by atoms with Crippen molar-refractivity contribution in [3.05, 3.63) is 80.8 Å². The quantitative estimate of drug-likeness (QED) is 0.509. The first-order valence-electron chi connectivity index (χ1n) is 8.85. The fourth-order valence-corrected chi connectivity index (χ4v) is 2.87. The average molecular weight is 396 g/mol. The zero-order valence-electron chi connectivity index (χ0n) is 16.2. The maximum absolute atomic E-state index is 12.9. The van der Waals surface area contributed by atoms with Crippen molar-refractivity contribution >= 4 is 17.3 Å². The molecule has 1 N–H and O–H groups in total. The lowest BCUT2D eigenvalue weighted by molar-refractivity contribution is -0.384. The van der Waals surface area contributed by atoms with Gasteiger partial charge in [0.05, 0.1) is 22.4 Å². The Balaban J connectivity index is 1.81. The summed E-state index contributed by atoms with van der Waals surface area (Å²) in [5, 5.41) is 13.5. The van der Waals surface area contributed by atoms with E-state index in [0.717, 1.165) is 0 Å². The zero-order valence-corrected chi connectivity index (χ0v) is 16.2. The van der Waals surface area contributed by atoms with E-state index in [1.54, 1.807) is 30.8 Å². The standard InChI is InChI=1S/C20H20N4O5/c1-13-18(20(26)23(22(13)3)15-8-5-4-6-9-15)21-19(25)14(2)29-17-11-7-10-16(12-17)24(27)28/h4-12,14H,1-3H3,(H,21,25)/t14-/m0/s1. The van der Waals surface area contributed by atoms with Crippen molar-refractivity contribution in [3.63, 3.8) is 0 Å². The number of nitrogens with zero attached hydrogens (tertiary/aromatic N) is 3. The highest BCUT2D eigenvalue weighted by Gasteiger charge is 2.22. The molecule has 0 radical (unpaired) electrons. The number of benzene rings is 2. The minimum atomic E-state index is -0.971. The van der Waals surface area contributed by atoms with Crippen LogP contribution in [-0.4, -0.2) is 26.3 Å². The molecule has 1 atom stereocenters. The molecule has 3 rings (SSSR count). The van der Waals surface area contributed by atoms with Crippen LogP contribution < -0.4 is 15.6 Å². The molecule has 1 aromatic heterocycles. The van der Waals surface area contributed by atoms with E-state index in [4.69, 9.17) is 4.74 Å². The second-order valence-electron chi connectivity index (χ2n) is 6.44. The smallest absolute Gasteiger partial charge is 0.295 e. The summed E-state index contributed by atoms with van der Waals surface area (Å²) in [6.07, 6.45) is -0.971. The molecule has 1 amide bonds. The number of rotatable bonds is 6. The molecule has 1 heterocycles. The van der Waals surface area contributed by atoms with Crippen molar-refractivity contribution < 1.29 is 14.5 Å². The van der Waals surface area contributed by atoms with Gasteiger partial charge in [0, 0.05) is 13.1 Å². The number of nitrogens with one attached hydrogen (secondary N) is 1. The Labute approximate surface area is 166 Å². The van der Waals surface area contributed by atoms with Crippen LogP contribution in [0.15, 0.2) is 59.4 Å². The number of para-hydroxylation sites is 1. The fourth-order valence-electron chi connectivity index (χ4n) is 2.87. The predicted molar refractivity (Wildman–Crippen MR) is 108 cm³/mol. The maximum Gasteiger partial charge on any atom is 0.295 e. The van der Waals surface area contributed by atoms with Crippen molar-refractivity contribution in [1.29, 1.82) is 0 Å². The lowest BCUT2D eigenvalue weighted by Crippen LogP contribution is -2.32. The Bertz CT molecular complexity index is 1120. The second-order valence-corrected chi connectivity index (χ2v) is 6.44. The number of non-ortho nitro benzene ring substituents is 1. The number of aromatic nitrogens is 2. The van der Waals surface area contributed by atoms with Crippen LogP contribution in [0.3, 0.4) is 0 Å². The Kier molecular flexibility index (Phi) is 5.49. The maximum atomic E-state index is 12.9. The third-order valence-electron chi connectivity index (χ3n) is 4.51. The number of ether oxygens (including phenoxy) is 1. The zero-order chi connectivity index (χ0) is 21.1. The van der Waals surface area contributed by atoms with Gasteiger partial charge in [-0.2, -0.15) is 0 Å². The molecule has 0 unspecified atom stereocenters. The molecule has 3 aromatic rings. The highest BCUT2D eigenvalue weighted by Crippen LogP contribution is 2.21. The number of nitro groups is 1. The summed E-state index contributed by atoms with van der Waals surface area (Å²) in [7, 11) is 1.72. The summed E-state index contributed by atoms with van der Waals surface area (Å²) >= 11 is 0. The number of amides is 1. The Morgan fingerprint density at radius 3 is 2.52 bits per heavy atom. The van der Waals surface area contributed by atoms with Gasteiger partial charge in [0.2, 0.25) is 0 Å². The first kappa shape index (κ1) is 19.9. The number of nitro benzene ring substituents is 1. The number of hydrogen-bond donors (Lipinski definition) is 1. The third-order valence-corrected chi connectivity index (χ3v) is 4.51. The van der Waals surface area contributed by atoms with E-state index in [-0.39, 0.29) is 22.7 Å². The first-order valence-corrected chi connectivity index (χ1v) is 8.85. The summed E-state index contributed by atoms with van der Waals surface area (Å²) in [5.41, 5.74) is 0.891. The van der Waals surface area contributed by atoms with E-state index in [0.29, 0.717) is 11.4 Å². The molecule has 0 aliphatic rings. The van der Waals surface area contributed by atoms with E-state index in [1.807, 2.05) is 18.2 Å². The highest BCUT2D eigenvalue weighted by atomic mass is 16.6. The molecule has 0 aliphatic heterocycles.